The predicted octanol–water partition coefficient (Wildman–Crippen LogP) is 3.87. The zero-order valence-corrected chi connectivity index (χ0v) is 11.8. The molecular weight excluding hydrogens is 256 g/mol. The molecule has 0 aliphatic heterocycles. The van der Waals surface area contributed by atoms with Gasteiger partial charge >= 0.3 is 0 Å². The van der Waals surface area contributed by atoms with Gasteiger partial charge in [-0.05, 0) is 49.4 Å². The van der Waals surface area contributed by atoms with Crippen molar-refractivity contribution in [3.8, 4) is 5.75 Å². The molecule has 19 heavy (non-hydrogen) atoms. The van der Waals surface area contributed by atoms with Crippen molar-refractivity contribution in [3.05, 3.63) is 51.2 Å². The Kier molecular flexibility index (Phi) is 3.38. The molecule has 0 atom stereocenters. The number of fused-ring (bicyclic) bond motifs is 1. The van der Waals surface area contributed by atoms with Crippen LogP contribution in [0.2, 0.25) is 0 Å². The van der Waals surface area contributed by atoms with E-state index in [0.29, 0.717) is 5.56 Å². The molecule has 0 fully saturated rings. The van der Waals surface area contributed by atoms with E-state index in [2.05, 4.69) is 6.07 Å². The van der Waals surface area contributed by atoms with Gasteiger partial charge in [0.1, 0.15) is 5.75 Å². The topological polar surface area (TPSA) is 26.3 Å². The number of aryl methyl sites for hydroxylation is 2. The van der Waals surface area contributed by atoms with E-state index in [-0.39, 0.29) is 5.78 Å². The predicted molar refractivity (Wildman–Crippen MR) is 77.4 cm³/mol. The SMILES string of the molecule is COc1cccc(C(=O)c2cc3c(s2)CCCC3)c1. The fraction of sp³-hybridized carbons (Fsp3) is 0.312. The number of hydrogen-bond acceptors (Lipinski definition) is 3. The summed E-state index contributed by atoms with van der Waals surface area (Å²) in [6.45, 7) is 0. The van der Waals surface area contributed by atoms with Gasteiger partial charge in [-0.3, -0.25) is 4.79 Å². The van der Waals surface area contributed by atoms with Gasteiger partial charge in [0.2, 0.25) is 5.78 Å². The summed E-state index contributed by atoms with van der Waals surface area (Å²) < 4.78 is 5.17. The number of benzene rings is 1. The quantitative estimate of drug-likeness (QED) is 0.793. The van der Waals surface area contributed by atoms with E-state index >= 15 is 0 Å². The molecule has 0 amide bonds. The molecule has 1 aliphatic carbocycles. The maximum Gasteiger partial charge on any atom is 0.203 e. The Hall–Kier alpha value is -1.61. The Labute approximate surface area is 117 Å². The lowest BCUT2D eigenvalue weighted by Crippen LogP contribution is -1.99. The molecule has 0 radical (unpaired) electrons. The van der Waals surface area contributed by atoms with Crippen LogP contribution in [0, 0.1) is 0 Å². The molecule has 98 valence electrons. The third-order valence-electron chi connectivity index (χ3n) is 3.55. The van der Waals surface area contributed by atoms with Gasteiger partial charge in [-0.1, -0.05) is 12.1 Å². The van der Waals surface area contributed by atoms with Crippen LogP contribution in [0.25, 0.3) is 0 Å². The summed E-state index contributed by atoms with van der Waals surface area (Å²) >= 11 is 1.66. The molecule has 2 aromatic rings. The molecule has 1 aromatic heterocycles. The van der Waals surface area contributed by atoms with Crippen LogP contribution in [0.4, 0.5) is 0 Å². The van der Waals surface area contributed by atoms with E-state index in [4.69, 9.17) is 4.74 Å². The lowest BCUT2D eigenvalue weighted by Gasteiger charge is -2.08. The molecule has 0 N–H and O–H groups in total. The Balaban J connectivity index is 1.92. The first-order chi connectivity index (χ1) is 9.28. The zero-order valence-electron chi connectivity index (χ0n) is 10.9. The maximum absolute atomic E-state index is 12.5. The normalized spacial score (nSPS) is 13.9. The average Bonchev–Trinajstić information content (AvgIpc) is 2.90. The highest BCUT2D eigenvalue weighted by Crippen LogP contribution is 2.31. The molecule has 0 saturated carbocycles. The minimum atomic E-state index is 0.110. The van der Waals surface area contributed by atoms with Crippen molar-refractivity contribution >= 4 is 17.1 Å². The van der Waals surface area contributed by atoms with Crippen LogP contribution in [0.5, 0.6) is 5.75 Å². The number of carbonyl (C=O) groups is 1. The van der Waals surface area contributed by atoms with Gasteiger partial charge in [-0.15, -0.1) is 11.3 Å². The van der Waals surface area contributed by atoms with Crippen LogP contribution in [0.3, 0.4) is 0 Å². The average molecular weight is 272 g/mol. The van der Waals surface area contributed by atoms with Crippen LogP contribution < -0.4 is 4.74 Å². The summed E-state index contributed by atoms with van der Waals surface area (Å²) in [5.41, 5.74) is 2.08. The van der Waals surface area contributed by atoms with Gasteiger partial charge in [-0.25, -0.2) is 0 Å². The maximum atomic E-state index is 12.5. The molecule has 1 heterocycles. The van der Waals surface area contributed by atoms with Crippen LogP contribution in [-0.4, -0.2) is 12.9 Å². The number of ketones is 1. The van der Waals surface area contributed by atoms with Crippen molar-refractivity contribution in [2.75, 3.05) is 7.11 Å². The van der Waals surface area contributed by atoms with Crippen LogP contribution in [0.1, 0.15) is 38.5 Å². The summed E-state index contributed by atoms with van der Waals surface area (Å²) in [7, 11) is 1.62. The van der Waals surface area contributed by atoms with Crippen molar-refractivity contribution in [1.82, 2.24) is 0 Å². The molecule has 0 saturated heterocycles. The number of rotatable bonds is 3. The standard InChI is InChI=1S/C16H16O2S/c1-18-13-7-4-6-12(9-13)16(17)15-10-11-5-2-3-8-14(11)19-15/h4,6-7,9-10H,2-3,5,8H2,1H3. The third-order valence-corrected chi connectivity index (χ3v) is 4.79. The second-order valence-corrected chi connectivity index (χ2v) is 5.96. The lowest BCUT2D eigenvalue weighted by molar-refractivity contribution is 0.104. The molecule has 0 spiro atoms. The highest BCUT2D eigenvalue weighted by Gasteiger charge is 2.18. The molecule has 2 nitrogen and oxygen atoms in total. The number of methoxy groups -OCH3 is 1. The largest absolute Gasteiger partial charge is 0.497 e. The smallest absolute Gasteiger partial charge is 0.203 e. The fourth-order valence-corrected chi connectivity index (χ4v) is 3.72. The highest BCUT2D eigenvalue weighted by molar-refractivity contribution is 7.14. The van der Waals surface area contributed by atoms with Crippen LogP contribution in [-0.2, 0) is 12.8 Å². The molecule has 3 heteroatoms. The van der Waals surface area contributed by atoms with Crippen LogP contribution >= 0.6 is 11.3 Å². The van der Waals surface area contributed by atoms with Crippen molar-refractivity contribution in [1.29, 1.82) is 0 Å². The third kappa shape index (κ3) is 2.43. The second-order valence-electron chi connectivity index (χ2n) is 4.83. The fourth-order valence-electron chi connectivity index (χ4n) is 2.51. The second kappa shape index (κ2) is 5.17. The van der Waals surface area contributed by atoms with E-state index < -0.39 is 0 Å². The summed E-state index contributed by atoms with van der Waals surface area (Å²) in [5.74, 6) is 0.838. The van der Waals surface area contributed by atoms with Crippen molar-refractivity contribution in [3.63, 3.8) is 0 Å². The Morgan fingerprint density at radius 2 is 2.05 bits per heavy atom. The summed E-state index contributed by atoms with van der Waals surface area (Å²) in [6, 6.07) is 9.46. The molecular formula is C16H16O2S. The van der Waals surface area contributed by atoms with Gasteiger partial charge in [0.15, 0.2) is 0 Å². The van der Waals surface area contributed by atoms with Gasteiger partial charge in [0, 0.05) is 10.4 Å². The minimum Gasteiger partial charge on any atom is -0.497 e. The summed E-state index contributed by atoms with van der Waals surface area (Å²) in [5, 5.41) is 0. The van der Waals surface area contributed by atoms with E-state index in [9.17, 15) is 4.79 Å². The van der Waals surface area contributed by atoms with Gasteiger partial charge in [0.25, 0.3) is 0 Å². The van der Waals surface area contributed by atoms with Crippen molar-refractivity contribution in [2.45, 2.75) is 25.7 Å². The molecule has 3 rings (SSSR count). The van der Waals surface area contributed by atoms with E-state index in [1.54, 1.807) is 24.5 Å². The van der Waals surface area contributed by atoms with Crippen molar-refractivity contribution in [2.24, 2.45) is 0 Å². The minimum absolute atomic E-state index is 0.110. The van der Waals surface area contributed by atoms with Gasteiger partial charge in [-0.2, -0.15) is 0 Å². The number of thiophene rings is 1. The first kappa shape index (κ1) is 12.4. The monoisotopic (exact) mass is 272 g/mol. The lowest BCUT2D eigenvalue weighted by atomic mass is 9.98. The van der Waals surface area contributed by atoms with Gasteiger partial charge in [0.05, 0.1) is 12.0 Å². The number of hydrogen-bond donors (Lipinski definition) is 0. The molecule has 1 aliphatic rings. The molecule has 0 unspecified atom stereocenters. The zero-order chi connectivity index (χ0) is 13.2. The van der Waals surface area contributed by atoms with Gasteiger partial charge < -0.3 is 4.74 Å². The molecule has 0 bridgehead atoms. The van der Waals surface area contributed by atoms with Crippen molar-refractivity contribution < 1.29 is 9.53 Å². The Bertz CT molecular complexity index is 589. The Morgan fingerprint density at radius 3 is 2.84 bits per heavy atom. The number of ether oxygens (including phenoxy) is 1. The summed E-state index contributed by atoms with van der Waals surface area (Å²) in [6.07, 6.45) is 4.75. The first-order valence-corrected chi connectivity index (χ1v) is 7.40. The van der Waals surface area contributed by atoms with E-state index in [1.807, 2.05) is 18.2 Å². The van der Waals surface area contributed by atoms with E-state index in [1.165, 1.54) is 23.3 Å². The highest BCUT2D eigenvalue weighted by atomic mass is 32.1. The summed E-state index contributed by atoms with van der Waals surface area (Å²) in [4.78, 5) is 14.7. The first-order valence-electron chi connectivity index (χ1n) is 6.58. The number of carbonyl (C=O) groups excluding carboxylic acids is 1. The molecule has 1 aromatic carbocycles. The van der Waals surface area contributed by atoms with Crippen LogP contribution in [0.15, 0.2) is 30.3 Å². The van der Waals surface area contributed by atoms with E-state index in [0.717, 1.165) is 23.5 Å². The Morgan fingerprint density at radius 1 is 1.21 bits per heavy atom.